The summed E-state index contributed by atoms with van der Waals surface area (Å²) in [5.41, 5.74) is 2.80. The molecule has 2 saturated heterocycles. The zero-order valence-electron chi connectivity index (χ0n) is 17.4. The Hall–Kier alpha value is -1.72. The number of benzene rings is 1. The smallest absolute Gasteiger partial charge is 0.229 e. The van der Waals surface area contributed by atoms with E-state index in [1.54, 1.807) is 4.90 Å². The van der Waals surface area contributed by atoms with Gasteiger partial charge in [-0.2, -0.15) is 0 Å². The molecule has 0 N–H and O–H groups in total. The van der Waals surface area contributed by atoms with Crippen LogP contribution in [0.1, 0.15) is 68.1 Å². The highest BCUT2D eigenvalue weighted by Crippen LogP contribution is 2.50. The van der Waals surface area contributed by atoms with Gasteiger partial charge >= 0.3 is 0 Å². The zero-order chi connectivity index (χ0) is 20.0. The third-order valence-electron chi connectivity index (χ3n) is 7.96. The van der Waals surface area contributed by atoms with Crippen molar-refractivity contribution in [2.24, 2.45) is 11.3 Å². The van der Waals surface area contributed by atoms with E-state index in [-0.39, 0.29) is 23.3 Å². The number of ether oxygens (including phenoxy) is 1. The van der Waals surface area contributed by atoms with Crippen molar-refractivity contribution in [3.05, 3.63) is 35.4 Å². The molecule has 0 radical (unpaired) electrons. The number of carbonyl (C=O) groups is 2. The average Bonchev–Trinajstić information content (AvgIpc) is 3.38. The van der Waals surface area contributed by atoms with Gasteiger partial charge in [-0.3, -0.25) is 14.5 Å². The van der Waals surface area contributed by atoms with E-state index in [2.05, 4.69) is 29.2 Å². The Morgan fingerprint density at radius 3 is 2.38 bits per heavy atom. The SMILES string of the molecule is COC1c2ccccc2C2CN(CCCN3C(=O)CC4(CCCC4)CC3=O)CC21. The summed E-state index contributed by atoms with van der Waals surface area (Å²) in [5.74, 6) is 1.18. The second-order valence-corrected chi connectivity index (χ2v) is 9.67. The molecule has 5 heteroatoms. The zero-order valence-corrected chi connectivity index (χ0v) is 17.4. The number of hydrogen-bond acceptors (Lipinski definition) is 4. The summed E-state index contributed by atoms with van der Waals surface area (Å²) in [4.78, 5) is 29.3. The third kappa shape index (κ3) is 3.32. The van der Waals surface area contributed by atoms with E-state index < -0.39 is 0 Å². The molecule has 29 heavy (non-hydrogen) atoms. The molecule has 1 saturated carbocycles. The first-order chi connectivity index (χ1) is 14.1. The van der Waals surface area contributed by atoms with Crippen molar-refractivity contribution in [3.8, 4) is 0 Å². The highest BCUT2D eigenvalue weighted by molar-refractivity contribution is 5.98. The van der Waals surface area contributed by atoms with Gasteiger partial charge in [0.05, 0.1) is 6.10 Å². The first-order valence-electron chi connectivity index (χ1n) is 11.3. The van der Waals surface area contributed by atoms with E-state index >= 15 is 0 Å². The molecular formula is C24H32N2O3. The molecule has 3 fully saturated rings. The largest absolute Gasteiger partial charge is 0.376 e. The summed E-state index contributed by atoms with van der Waals surface area (Å²) in [6.07, 6.45) is 6.66. The maximum atomic E-state index is 12.6. The van der Waals surface area contributed by atoms with Crippen LogP contribution in [0.4, 0.5) is 0 Å². The first kappa shape index (κ1) is 19.3. The second-order valence-electron chi connectivity index (χ2n) is 9.67. The van der Waals surface area contributed by atoms with Gasteiger partial charge in [-0.05, 0) is 42.3 Å². The van der Waals surface area contributed by atoms with Crippen molar-refractivity contribution in [2.75, 3.05) is 33.3 Å². The van der Waals surface area contributed by atoms with E-state index in [4.69, 9.17) is 4.74 Å². The van der Waals surface area contributed by atoms with Crippen molar-refractivity contribution in [1.29, 1.82) is 0 Å². The van der Waals surface area contributed by atoms with Gasteiger partial charge in [0.25, 0.3) is 0 Å². The summed E-state index contributed by atoms with van der Waals surface area (Å²) in [6, 6.07) is 8.68. The van der Waals surface area contributed by atoms with Crippen molar-refractivity contribution >= 4 is 11.8 Å². The molecule has 3 atom stereocenters. The van der Waals surface area contributed by atoms with Gasteiger partial charge in [-0.1, -0.05) is 37.1 Å². The summed E-state index contributed by atoms with van der Waals surface area (Å²) in [7, 11) is 1.82. The summed E-state index contributed by atoms with van der Waals surface area (Å²) < 4.78 is 5.85. The van der Waals surface area contributed by atoms with Crippen LogP contribution in [0.3, 0.4) is 0 Å². The van der Waals surface area contributed by atoms with Crippen LogP contribution in [0.15, 0.2) is 24.3 Å². The van der Waals surface area contributed by atoms with Gasteiger partial charge < -0.3 is 9.64 Å². The number of likely N-dealkylation sites (tertiary alicyclic amines) is 2. The van der Waals surface area contributed by atoms with E-state index in [1.807, 2.05) is 7.11 Å². The van der Waals surface area contributed by atoms with Gasteiger partial charge in [0.15, 0.2) is 0 Å². The Bertz CT molecular complexity index is 781. The third-order valence-corrected chi connectivity index (χ3v) is 7.96. The van der Waals surface area contributed by atoms with Crippen molar-refractivity contribution in [1.82, 2.24) is 9.80 Å². The van der Waals surface area contributed by atoms with Gasteiger partial charge in [-0.15, -0.1) is 0 Å². The van der Waals surface area contributed by atoms with Crippen LogP contribution in [0.2, 0.25) is 0 Å². The summed E-state index contributed by atoms with van der Waals surface area (Å²) in [5, 5.41) is 0. The van der Waals surface area contributed by atoms with Crippen LogP contribution in [0.5, 0.6) is 0 Å². The van der Waals surface area contributed by atoms with Gasteiger partial charge in [0.1, 0.15) is 0 Å². The van der Waals surface area contributed by atoms with Crippen LogP contribution in [0.25, 0.3) is 0 Å². The number of amides is 2. The monoisotopic (exact) mass is 396 g/mol. The van der Waals surface area contributed by atoms with Crippen LogP contribution in [-0.4, -0.2) is 54.9 Å². The predicted molar refractivity (Wildman–Crippen MR) is 110 cm³/mol. The topological polar surface area (TPSA) is 49.9 Å². The fourth-order valence-electron chi connectivity index (χ4n) is 6.59. The fourth-order valence-corrected chi connectivity index (χ4v) is 6.59. The second kappa shape index (κ2) is 7.51. The Balaban J connectivity index is 1.16. The molecule has 1 aromatic rings. The number of piperidine rings is 1. The molecule has 1 aromatic carbocycles. The normalized spacial score (nSPS) is 30.9. The molecule has 2 heterocycles. The number of fused-ring (bicyclic) bond motifs is 3. The Labute approximate surface area is 173 Å². The molecule has 3 unspecified atom stereocenters. The van der Waals surface area contributed by atoms with E-state index in [0.717, 1.165) is 38.9 Å². The minimum Gasteiger partial charge on any atom is -0.376 e. The number of hydrogen-bond donors (Lipinski definition) is 0. The van der Waals surface area contributed by atoms with Gasteiger partial charge in [0, 0.05) is 51.4 Å². The van der Waals surface area contributed by atoms with Crippen LogP contribution in [-0.2, 0) is 14.3 Å². The van der Waals surface area contributed by atoms with E-state index in [1.165, 1.54) is 24.0 Å². The fraction of sp³-hybridized carbons (Fsp3) is 0.667. The molecule has 0 aromatic heterocycles. The van der Waals surface area contributed by atoms with E-state index in [9.17, 15) is 9.59 Å². The lowest BCUT2D eigenvalue weighted by Crippen LogP contribution is -2.47. The Morgan fingerprint density at radius 2 is 1.69 bits per heavy atom. The molecule has 0 bridgehead atoms. The quantitative estimate of drug-likeness (QED) is 0.715. The highest BCUT2D eigenvalue weighted by Gasteiger charge is 2.47. The Morgan fingerprint density at radius 1 is 1.00 bits per heavy atom. The van der Waals surface area contributed by atoms with Crippen molar-refractivity contribution in [2.45, 2.75) is 57.0 Å². The maximum absolute atomic E-state index is 12.6. The molecule has 5 nitrogen and oxygen atoms in total. The highest BCUT2D eigenvalue weighted by atomic mass is 16.5. The summed E-state index contributed by atoms with van der Waals surface area (Å²) in [6.45, 7) is 3.59. The number of rotatable bonds is 5. The number of imide groups is 1. The average molecular weight is 397 g/mol. The molecule has 5 rings (SSSR count). The summed E-state index contributed by atoms with van der Waals surface area (Å²) >= 11 is 0. The number of carbonyl (C=O) groups excluding carboxylic acids is 2. The van der Waals surface area contributed by atoms with Crippen LogP contribution >= 0.6 is 0 Å². The molecular weight excluding hydrogens is 364 g/mol. The molecule has 1 spiro atoms. The van der Waals surface area contributed by atoms with Crippen LogP contribution in [0, 0.1) is 11.3 Å². The standard InChI is InChI=1S/C24H32N2O3/c1-29-23-18-8-3-2-7-17(18)19-15-25(16-20(19)23)11-6-12-26-21(27)13-24(14-22(26)28)9-4-5-10-24/h2-3,7-8,19-20,23H,4-6,9-16H2,1H3. The molecule has 4 aliphatic rings. The molecule has 156 valence electrons. The van der Waals surface area contributed by atoms with Crippen molar-refractivity contribution in [3.63, 3.8) is 0 Å². The lowest BCUT2D eigenvalue weighted by atomic mass is 9.76. The number of methoxy groups -OCH3 is 1. The predicted octanol–water partition coefficient (Wildman–Crippen LogP) is 3.50. The first-order valence-corrected chi connectivity index (χ1v) is 11.3. The number of nitrogens with zero attached hydrogens (tertiary/aromatic N) is 2. The van der Waals surface area contributed by atoms with Crippen LogP contribution < -0.4 is 0 Å². The van der Waals surface area contributed by atoms with Gasteiger partial charge in [0.2, 0.25) is 11.8 Å². The molecule has 2 aliphatic heterocycles. The molecule has 2 aliphatic carbocycles. The minimum atomic E-state index is -0.000377. The van der Waals surface area contributed by atoms with Gasteiger partial charge in [-0.25, -0.2) is 0 Å². The lowest BCUT2D eigenvalue weighted by molar-refractivity contribution is -0.153. The van der Waals surface area contributed by atoms with E-state index in [0.29, 0.717) is 31.2 Å². The lowest BCUT2D eigenvalue weighted by Gasteiger charge is -2.37. The molecule has 2 amide bonds. The maximum Gasteiger partial charge on any atom is 0.229 e. The van der Waals surface area contributed by atoms with Crippen molar-refractivity contribution < 1.29 is 14.3 Å². The Kier molecular flexibility index (Phi) is 4.99. The minimum absolute atomic E-state index is 0.000377.